The van der Waals surface area contributed by atoms with Gasteiger partial charge in [0.25, 0.3) is 0 Å². The van der Waals surface area contributed by atoms with Crippen molar-refractivity contribution in [2.45, 2.75) is 27.2 Å². The summed E-state index contributed by atoms with van der Waals surface area (Å²) in [6.45, 7) is 7.41. The molecular weight excluding hydrogens is 497 g/mol. The van der Waals surface area contributed by atoms with Crippen molar-refractivity contribution in [2.75, 3.05) is 37.4 Å². The van der Waals surface area contributed by atoms with Gasteiger partial charge in [-0.1, -0.05) is 6.07 Å². The molecule has 0 saturated heterocycles. The molecule has 0 atom stereocenters. The van der Waals surface area contributed by atoms with E-state index in [9.17, 15) is 4.79 Å². The van der Waals surface area contributed by atoms with Gasteiger partial charge in [-0.3, -0.25) is 9.79 Å². The lowest BCUT2D eigenvalue weighted by Crippen LogP contribution is -2.31. The number of aromatic nitrogens is 1. The van der Waals surface area contributed by atoms with Gasteiger partial charge in [-0.2, -0.15) is 0 Å². The van der Waals surface area contributed by atoms with Gasteiger partial charge in [0.1, 0.15) is 5.82 Å². The highest BCUT2D eigenvalue weighted by Crippen LogP contribution is 2.30. The molecule has 0 aliphatic rings. The Morgan fingerprint density at radius 1 is 1.13 bits per heavy atom. The number of methoxy groups -OCH3 is 1. The Hall–Kier alpha value is -2.56. The largest absolute Gasteiger partial charge is 0.493 e. The number of pyridine rings is 1. The minimum atomic E-state index is -0.135. The Labute approximate surface area is 194 Å². The summed E-state index contributed by atoms with van der Waals surface area (Å²) in [5.74, 6) is 2.31. The smallest absolute Gasteiger partial charge is 0.227 e. The summed E-state index contributed by atoms with van der Waals surface area (Å²) in [5.41, 5.74) is 1.85. The quantitative estimate of drug-likeness (QED) is 0.261. The zero-order chi connectivity index (χ0) is 21.1. The third-order valence-electron chi connectivity index (χ3n) is 3.86. The summed E-state index contributed by atoms with van der Waals surface area (Å²) in [6.07, 6.45) is 1.96. The van der Waals surface area contributed by atoms with Crippen LogP contribution < -0.4 is 25.4 Å². The highest BCUT2D eigenvalue weighted by molar-refractivity contribution is 14.0. The predicted octanol–water partition coefficient (Wildman–Crippen LogP) is 3.82. The van der Waals surface area contributed by atoms with Crippen molar-refractivity contribution in [2.24, 2.45) is 4.99 Å². The third kappa shape index (κ3) is 8.44. The van der Waals surface area contributed by atoms with Crippen molar-refractivity contribution in [3.63, 3.8) is 0 Å². The number of ether oxygens (including phenoxy) is 2. The predicted molar refractivity (Wildman–Crippen MR) is 131 cm³/mol. The lowest BCUT2D eigenvalue weighted by Gasteiger charge is -2.14. The molecule has 8 nitrogen and oxygen atoms in total. The number of guanidine groups is 1. The van der Waals surface area contributed by atoms with E-state index in [0.717, 1.165) is 11.3 Å². The number of nitrogens with one attached hydrogen (secondary N) is 3. The van der Waals surface area contributed by atoms with Crippen molar-refractivity contribution in [1.82, 2.24) is 10.3 Å². The van der Waals surface area contributed by atoms with Crippen LogP contribution in [0.2, 0.25) is 0 Å². The first kappa shape index (κ1) is 25.5. The molecule has 0 fully saturated rings. The van der Waals surface area contributed by atoms with Crippen LogP contribution in [0, 0.1) is 6.92 Å². The maximum absolute atomic E-state index is 12.1. The van der Waals surface area contributed by atoms with Gasteiger partial charge in [0.15, 0.2) is 17.5 Å². The molecule has 9 heteroatoms. The van der Waals surface area contributed by atoms with Gasteiger partial charge in [-0.15, -0.1) is 24.0 Å². The number of benzene rings is 1. The number of anilines is 2. The van der Waals surface area contributed by atoms with Crippen molar-refractivity contribution in [3.8, 4) is 11.5 Å². The number of halogens is 1. The molecule has 1 aromatic heterocycles. The molecule has 1 heterocycles. The van der Waals surface area contributed by atoms with E-state index in [1.807, 2.05) is 45.0 Å². The number of hydrogen-bond acceptors (Lipinski definition) is 5. The van der Waals surface area contributed by atoms with E-state index in [2.05, 4.69) is 25.9 Å². The molecule has 164 valence electrons. The number of carbonyl (C=O) groups is 1. The van der Waals surface area contributed by atoms with Crippen molar-refractivity contribution in [3.05, 3.63) is 42.1 Å². The SMILES string of the molecule is CCNC(=NCCC(=O)Nc1ccc(C)cn1)Nc1ccc(OC)c(OCC)c1.I. The van der Waals surface area contributed by atoms with E-state index in [1.54, 1.807) is 19.4 Å². The van der Waals surface area contributed by atoms with Gasteiger partial charge in [0.2, 0.25) is 5.91 Å². The molecule has 2 rings (SSSR count). The van der Waals surface area contributed by atoms with E-state index in [0.29, 0.717) is 43.0 Å². The van der Waals surface area contributed by atoms with Gasteiger partial charge in [-0.25, -0.2) is 4.98 Å². The second-order valence-electron chi connectivity index (χ2n) is 6.20. The summed E-state index contributed by atoms with van der Waals surface area (Å²) in [6, 6.07) is 9.24. The number of aliphatic imine (C=N–C) groups is 1. The summed E-state index contributed by atoms with van der Waals surface area (Å²) in [5, 5.41) is 9.15. The number of aryl methyl sites for hydroxylation is 1. The second-order valence-corrected chi connectivity index (χ2v) is 6.20. The molecule has 0 saturated carbocycles. The molecule has 3 N–H and O–H groups in total. The van der Waals surface area contributed by atoms with Crippen LogP contribution >= 0.6 is 24.0 Å². The molecule has 1 amide bonds. The normalized spacial score (nSPS) is 10.6. The number of rotatable bonds is 9. The van der Waals surface area contributed by atoms with Gasteiger partial charge >= 0.3 is 0 Å². The zero-order valence-electron chi connectivity index (χ0n) is 17.8. The number of carbonyl (C=O) groups excluding carboxylic acids is 1. The monoisotopic (exact) mass is 527 g/mol. The molecule has 0 aliphatic heterocycles. The lowest BCUT2D eigenvalue weighted by molar-refractivity contribution is -0.116. The topological polar surface area (TPSA) is 96.9 Å². The van der Waals surface area contributed by atoms with Crippen LogP contribution in [0.1, 0.15) is 25.8 Å². The van der Waals surface area contributed by atoms with Crippen LogP contribution in [-0.4, -0.2) is 43.7 Å². The van der Waals surface area contributed by atoms with E-state index >= 15 is 0 Å². The van der Waals surface area contributed by atoms with E-state index in [4.69, 9.17) is 9.47 Å². The summed E-state index contributed by atoms with van der Waals surface area (Å²) in [7, 11) is 1.60. The molecule has 0 aliphatic carbocycles. The van der Waals surface area contributed by atoms with Crippen LogP contribution in [0.25, 0.3) is 0 Å². The number of hydrogen-bond donors (Lipinski definition) is 3. The molecule has 1 aromatic carbocycles. The van der Waals surface area contributed by atoms with Gasteiger partial charge in [0.05, 0.1) is 20.3 Å². The second kappa shape index (κ2) is 13.6. The van der Waals surface area contributed by atoms with Gasteiger partial charge < -0.3 is 25.4 Å². The van der Waals surface area contributed by atoms with Crippen LogP contribution in [0.15, 0.2) is 41.5 Å². The maximum atomic E-state index is 12.1. The summed E-state index contributed by atoms with van der Waals surface area (Å²) >= 11 is 0. The van der Waals surface area contributed by atoms with E-state index in [1.165, 1.54) is 0 Å². The summed E-state index contributed by atoms with van der Waals surface area (Å²) in [4.78, 5) is 20.7. The number of amides is 1. The Balaban J connectivity index is 0.00000450. The average molecular weight is 527 g/mol. The standard InChI is InChI=1S/C21H29N5O3.HI/c1-5-22-21(25-16-8-9-17(28-4)18(13-16)29-6-2)23-12-11-20(27)26-19-10-7-15(3)14-24-19;/h7-10,13-14H,5-6,11-12H2,1-4H3,(H2,22,23,25)(H,24,26,27);1H. The van der Waals surface area contributed by atoms with Crippen LogP contribution in [0.5, 0.6) is 11.5 Å². The van der Waals surface area contributed by atoms with Crippen molar-refractivity contribution in [1.29, 1.82) is 0 Å². The molecule has 0 radical (unpaired) electrons. The fraction of sp³-hybridized carbons (Fsp3) is 0.381. The highest BCUT2D eigenvalue weighted by atomic mass is 127. The molecule has 0 unspecified atom stereocenters. The Morgan fingerprint density at radius 2 is 1.93 bits per heavy atom. The van der Waals surface area contributed by atoms with Gasteiger partial charge in [-0.05, 0) is 44.5 Å². The minimum Gasteiger partial charge on any atom is -0.493 e. The summed E-state index contributed by atoms with van der Waals surface area (Å²) < 4.78 is 10.9. The highest BCUT2D eigenvalue weighted by Gasteiger charge is 2.08. The van der Waals surface area contributed by atoms with E-state index < -0.39 is 0 Å². The molecular formula is C21H30IN5O3. The first-order valence-corrected chi connectivity index (χ1v) is 9.64. The fourth-order valence-corrected chi connectivity index (χ4v) is 2.48. The first-order valence-electron chi connectivity index (χ1n) is 9.64. The van der Waals surface area contributed by atoms with Crippen LogP contribution in [0.4, 0.5) is 11.5 Å². The Morgan fingerprint density at radius 3 is 2.57 bits per heavy atom. The first-order chi connectivity index (χ1) is 14.0. The lowest BCUT2D eigenvalue weighted by atomic mass is 10.2. The van der Waals surface area contributed by atoms with Crippen molar-refractivity contribution >= 4 is 47.3 Å². The third-order valence-corrected chi connectivity index (χ3v) is 3.86. The average Bonchev–Trinajstić information content (AvgIpc) is 2.70. The number of nitrogens with zero attached hydrogens (tertiary/aromatic N) is 2. The van der Waals surface area contributed by atoms with Crippen molar-refractivity contribution < 1.29 is 14.3 Å². The Kier molecular flexibility index (Phi) is 11.6. The molecule has 0 spiro atoms. The maximum Gasteiger partial charge on any atom is 0.227 e. The molecule has 30 heavy (non-hydrogen) atoms. The molecule has 2 aromatic rings. The van der Waals surface area contributed by atoms with Crippen LogP contribution in [-0.2, 0) is 4.79 Å². The van der Waals surface area contributed by atoms with E-state index in [-0.39, 0.29) is 36.3 Å². The zero-order valence-corrected chi connectivity index (χ0v) is 20.2. The molecule has 0 bridgehead atoms. The van der Waals surface area contributed by atoms with Gasteiger partial charge in [0, 0.05) is 30.9 Å². The minimum absolute atomic E-state index is 0. The van der Waals surface area contributed by atoms with Crippen LogP contribution in [0.3, 0.4) is 0 Å². The fourth-order valence-electron chi connectivity index (χ4n) is 2.48. The Bertz CT molecular complexity index is 828.